The van der Waals surface area contributed by atoms with Crippen molar-refractivity contribution in [2.45, 2.75) is 110 Å². The van der Waals surface area contributed by atoms with Crippen LogP contribution in [0.15, 0.2) is 109 Å². The monoisotopic (exact) mass is 746 g/mol. The molecule has 0 aliphatic carbocycles. The predicted molar refractivity (Wildman–Crippen MR) is 222 cm³/mol. The zero-order valence-electron chi connectivity index (χ0n) is 34.2. The van der Waals surface area contributed by atoms with Crippen molar-refractivity contribution in [2.24, 2.45) is 5.41 Å². The van der Waals surface area contributed by atoms with Crippen molar-refractivity contribution in [3.8, 4) is 11.5 Å². The molecule has 7 heteroatoms. The summed E-state index contributed by atoms with van der Waals surface area (Å²) < 4.78 is 17.4. The normalized spacial score (nSPS) is 16.2. The van der Waals surface area contributed by atoms with Crippen molar-refractivity contribution in [3.05, 3.63) is 131 Å². The molecule has 2 atom stereocenters. The molecule has 0 saturated carbocycles. The molecule has 4 aromatic rings. The second-order valence-electron chi connectivity index (χ2n) is 17.5. The lowest BCUT2D eigenvalue weighted by molar-refractivity contribution is -0.155. The van der Waals surface area contributed by atoms with E-state index in [9.17, 15) is 9.59 Å². The Balaban J connectivity index is 0.000000237. The van der Waals surface area contributed by atoms with Gasteiger partial charge in [-0.2, -0.15) is 0 Å². The largest absolute Gasteiger partial charge is 0.488 e. The molecule has 2 aliphatic rings. The number of hydrogen-bond acceptors (Lipinski definition) is 7. The number of esters is 1. The molecule has 4 aromatic carbocycles. The van der Waals surface area contributed by atoms with Gasteiger partial charge in [-0.3, -0.25) is 14.5 Å². The first-order chi connectivity index (χ1) is 26.1. The van der Waals surface area contributed by atoms with Crippen LogP contribution in [-0.4, -0.2) is 60.6 Å². The molecule has 2 saturated heterocycles. The lowest BCUT2D eigenvalue weighted by Crippen LogP contribution is -2.55. The van der Waals surface area contributed by atoms with E-state index >= 15 is 0 Å². The van der Waals surface area contributed by atoms with Gasteiger partial charge in [-0.25, -0.2) is 0 Å². The van der Waals surface area contributed by atoms with Crippen LogP contribution in [0.25, 0.3) is 0 Å². The average molecular weight is 747 g/mol. The Morgan fingerprint density at radius 1 is 0.636 bits per heavy atom. The minimum Gasteiger partial charge on any atom is -0.488 e. The first kappa shape index (κ1) is 41.7. The van der Waals surface area contributed by atoms with Gasteiger partial charge < -0.3 is 19.5 Å². The van der Waals surface area contributed by atoms with E-state index in [1.165, 1.54) is 16.7 Å². The summed E-state index contributed by atoms with van der Waals surface area (Å²) in [5.74, 6) is 2.32. The van der Waals surface area contributed by atoms with Crippen LogP contribution < -0.4 is 14.8 Å². The van der Waals surface area contributed by atoms with Crippen LogP contribution in [0, 0.1) is 5.41 Å². The van der Waals surface area contributed by atoms with Crippen molar-refractivity contribution in [2.75, 3.05) is 26.2 Å². The van der Waals surface area contributed by atoms with Crippen LogP contribution in [0.5, 0.6) is 11.5 Å². The quantitative estimate of drug-likeness (QED) is 0.129. The fourth-order valence-corrected chi connectivity index (χ4v) is 6.99. The molecule has 6 rings (SSSR count). The van der Waals surface area contributed by atoms with Gasteiger partial charge in [0.2, 0.25) is 0 Å². The summed E-state index contributed by atoms with van der Waals surface area (Å²) in [5, 5.41) is 3.17. The highest BCUT2D eigenvalue weighted by Gasteiger charge is 2.35. The van der Waals surface area contributed by atoms with E-state index in [1.54, 1.807) is 0 Å². The maximum Gasteiger partial charge on any atom is 0.306 e. The summed E-state index contributed by atoms with van der Waals surface area (Å²) in [6, 6.07) is 38.0. The molecular weight excluding hydrogens is 685 g/mol. The minimum absolute atomic E-state index is 0.0468. The third kappa shape index (κ3) is 13.4. The number of nitrogens with one attached hydrogen (secondary N) is 1. The summed E-state index contributed by atoms with van der Waals surface area (Å²) >= 11 is 0. The van der Waals surface area contributed by atoms with E-state index in [4.69, 9.17) is 14.2 Å². The highest BCUT2D eigenvalue weighted by atomic mass is 16.6. The predicted octanol–water partition coefficient (Wildman–Crippen LogP) is 9.91. The highest BCUT2D eigenvalue weighted by Crippen LogP contribution is 2.34. The number of hydrogen-bond donors (Lipinski definition) is 1. The Morgan fingerprint density at radius 3 is 1.51 bits per heavy atom. The molecular formula is C48H62N2O5. The molecule has 0 spiro atoms. The topological polar surface area (TPSA) is 77.1 Å². The van der Waals surface area contributed by atoms with Crippen LogP contribution in [0.3, 0.4) is 0 Å². The number of carbonyl (C=O) groups excluding carboxylic acids is 2. The van der Waals surface area contributed by atoms with Gasteiger partial charge in [0.1, 0.15) is 35.1 Å². The molecule has 0 amide bonds. The van der Waals surface area contributed by atoms with Crippen LogP contribution in [0.2, 0.25) is 0 Å². The molecule has 0 bridgehead atoms. The van der Waals surface area contributed by atoms with E-state index < -0.39 is 5.60 Å². The number of benzene rings is 4. The van der Waals surface area contributed by atoms with Gasteiger partial charge in [-0.1, -0.05) is 120 Å². The fourth-order valence-electron chi connectivity index (χ4n) is 6.99. The summed E-state index contributed by atoms with van der Waals surface area (Å²) in [4.78, 5) is 26.7. The van der Waals surface area contributed by atoms with Gasteiger partial charge in [-0.05, 0) is 84.5 Å². The fraction of sp³-hybridized carbons (Fsp3) is 0.458. The zero-order valence-corrected chi connectivity index (χ0v) is 34.2. The lowest BCUT2D eigenvalue weighted by atomic mass is 9.86. The molecule has 1 N–H and O–H groups in total. The van der Waals surface area contributed by atoms with E-state index in [0.29, 0.717) is 25.0 Å². The van der Waals surface area contributed by atoms with Gasteiger partial charge in [0, 0.05) is 39.0 Å². The molecule has 2 aliphatic heterocycles. The van der Waals surface area contributed by atoms with Gasteiger partial charge >= 0.3 is 5.97 Å². The molecule has 2 heterocycles. The Morgan fingerprint density at radius 2 is 1.09 bits per heavy atom. The maximum absolute atomic E-state index is 12.4. The number of nitrogens with zero attached hydrogens (tertiary/aromatic N) is 1. The molecule has 0 aromatic heterocycles. The average Bonchev–Trinajstić information content (AvgIpc) is 3.09. The Hall–Kier alpha value is -4.46. The molecule has 2 fully saturated rings. The number of rotatable bonds is 14. The van der Waals surface area contributed by atoms with Crippen molar-refractivity contribution in [3.63, 3.8) is 0 Å². The number of ketones is 1. The first-order valence-electron chi connectivity index (χ1n) is 19.9. The summed E-state index contributed by atoms with van der Waals surface area (Å²) in [5.41, 5.74) is 4.56. The van der Waals surface area contributed by atoms with E-state index in [-0.39, 0.29) is 41.5 Å². The number of Topliss-reactive ketones (excluding diaryl/α,β-unsaturated/α-hetero) is 1. The standard InChI is InChI=1S/C31H37NO2.C17H25NO3/c1-23(19-27(33)20-31(2,3)4)24-15-17-28(18-16-24)34-29-21-32(22-29)30(25-11-7-5-8-12-25)26-13-9-6-10-14-26;1-12(9-16(19)21-17(2,3)4)13-5-7-14(8-6-13)20-15-10-18-11-15/h5-18,23,29-30H,19-22H2,1-4H3;5-8,12,15,18H,9-11H2,1-4H3/t23-;12-/m11/s1. The summed E-state index contributed by atoms with van der Waals surface area (Å²) in [6.07, 6.45) is 2.09. The van der Waals surface area contributed by atoms with Crippen molar-refractivity contribution in [1.29, 1.82) is 0 Å². The van der Waals surface area contributed by atoms with Crippen molar-refractivity contribution in [1.82, 2.24) is 10.2 Å². The van der Waals surface area contributed by atoms with Crippen LogP contribution in [0.1, 0.15) is 115 Å². The smallest absolute Gasteiger partial charge is 0.306 e. The Kier molecular flexibility index (Phi) is 14.3. The summed E-state index contributed by atoms with van der Waals surface area (Å²) in [7, 11) is 0. The van der Waals surface area contributed by atoms with E-state index in [2.05, 4.69) is 123 Å². The third-order valence-electron chi connectivity index (χ3n) is 9.87. The van der Waals surface area contributed by atoms with Gasteiger partial charge in [0.05, 0.1) is 12.5 Å². The second kappa shape index (κ2) is 18.9. The molecule has 55 heavy (non-hydrogen) atoms. The summed E-state index contributed by atoms with van der Waals surface area (Å²) in [6.45, 7) is 19.8. The Labute approximate surface area is 329 Å². The first-order valence-corrected chi connectivity index (χ1v) is 19.9. The van der Waals surface area contributed by atoms with Crippen LogP contribution >= 0.6 is 0 Å². The zero-order chi connectivity index (χ0) is 39.6. The van der Waals surface area contributed by atoms with Crippen LogP contribution in [-0.2, 0) is 14.3 Å². The van der Waals surface area contributed by atoms with Gasteiger partial charge in [-0.15, -0.1) is 0 Å². The number of likely N-dealkylation sites (tertiary alicyclic amines) is 1. The molecule has 0 radical (unpaired) electrons. The maximum atomic E-state index is 12.4. The number of carbonyl (C=O) groups is 2. The Bertz CT molecular complexity index is 1730. The second-order valence-corrected chi connectivity index (χ2v) is 17.5. The molecule has 7 nitrogen and oxygen atoms in total. The van der Waals surface area contributed by atoms with Gasteiger partial charge in [0.15, 0.2) is 0 Å². The van der Waals surface area contributed by atoms with Crippen molar-refractivity contribution < 1.29 is 23.8 Å². The highest BCUT2D eigenvalue weighted by molar-refractivity contribution is 5.79. The van der Waals surface area contributed by atoms with Crippen LogP contribution in [0.4, 0.5) is 0 Å². The van der Waals surface area contributed by atoms with E-state index in [0.717, 1.165) is 43.2 Å². The van der Waals surface area contributed by atoms with Gasteiger partial charge in [0.25, 0.3) is 0 Å². The molecule has 294 valence electrons. The lowest BCUT2D eigenvalue weighted by Gasteiger charge is -2.44. The van der Waals surface area contributed by atoms with E-state index in [1.807, 2.05) is 52.0 Å². The SMILES string of the molecule is C[C@H](CC(=O)CC(C)(C)C)c1ccc(OC2CN(C(c3ccccc3)c3ccccc3)C2)cc1.C[C@H](CC(=O)OC(C)(C)C)c1ccc(OC2CNC2)cc1. The molecule has 0 unspecified atom stereocenters. The number of ether oxygens (including phenoxy) is 3. The van der Waals surface area contributed by atoms with Crippen molar-refractivity contribution >= 4 is 11.8 Å². The third-order valence-corrected chi connectivity index (χ3v) is 9.87. The minimum atomic E-state index is -0.425.